The average molecular weight is 271 g/mol. The molecule has 0 atom stereocenters. The molecular weight excluding hydrogens is 261 g/mol. The molecule has 0 spiro atoms. The SMILES string of the molecule is O=Cc1cc(F)cc(Sc2cc3ccccc3[nH]2)c1. The van der Waals surface area contributed by atoms with E-state index in [2.05, 4.69) is 4.98 Å². The van der Waals surface area contributed by atoms with Crippen molar-refractivity contribution in [2.24, 2.45) is 0 Å². The van der Waals surface area contributed by atoms with Crippen LogP contribution in [-0.4, -0.2) is 11.3 Å². The van der Waals surface area contributed by atoms with Crippen molar-refractivity contribution in [2.75, 3.05) is 0 Å². The van der Waals surface area contributed by atoms with Gasteiger partial charge in [0.25, 0.3) is 0 Å². The van der Waals surface area contributed by atoms with Gasteiger partial charge in [0.15, 0.2) is 0 Å². The van der Waals surface area contributed by atoms with E-state index in [9.17, 15) is 9.18 Å². The van der Waals surface area contributed by atoms with Crippen molar-refractivity contribution >= 4 is 29.0 Å². The molecule has 3 aromatic rings. The lowest BCUT2D eigenvalue weighted by Crippen LogP contribution is -1.84. The van der Waals surface area contributed by atoms with Crippen molar-refractivity contribution in [3.63, 3.8) is 0 Å². The highest BCUT2D eigenvalue weighted by Gasteiger charge is 2.05. The molecular formula is C15H10FNOS. The molecule has 0 aliphatic carbocycles. The summed E-state index contributed by atoms with van der Waals surface area (Å²) in [5.41, 5.74) is 1.38. The van der Waals surface area contributed by atoms with Gasteiger partial charge in [-0.15, -0.1) is 0 Å². The van der Waals surface area contributed by atoms with Crippen molar-refractivity contribution in [3.05, 3.63) is 59.9 Å². The van der Waals surface area contributed by atoms with E-state index in [0.29, 0.717) is 16.7 Å². The third-order valence-corrected chi connectivity index (χ3v) is 3.67. The Labute approximate surface area is 113 Å². The van der Waals surface area contributed by atoms with E-state index in [0.717, 1.165) is 15.9 Å². The zero-order valence-electron chi connectivity index (χ0n) is 9.89. The number of H-pyrrole nitrogens is 1. The summed E-state index contributed by atoms with van der Waals surface area (Å²) in [6.07, 6.45) is 0.651. The van der Waals surface area contributed by atoms with Gasteiger partial charge < -0.3 is 4.98 Å². The number of rotatable bonds is 3. The first kappa shape index (κ1) is 12.0. The molecule has 0 fully saturated rings. The van der Waals surface area contributed by atoms with Crippen LogP contribution in [0.5, 0.6) is 0 Å². The summed E-state index contributed by atoms with van der Waals surface area (Å²) >= 11 is 1.40. The quantitative estimate of drug-likeness (QED) is 0.721. The first-order chi connectivity index (χ1) is 9.24. The van der Waals surface area contributed by atoms with Crippen molar-refractivity contribution in [1.82, 2.24) is 4.98 Å². The number of nitrogens with one attached hydrogen (secondary N) is 1. The fourth-order valence-corrected chi connectivity index (χ4v) is 2.91. The Morgan fingerprint density at radius 1 is 1.11 bits per heavy atom. The minimum atomic E-state index is -0.400. The van der Waals surface area contributed by atoms with Crippen LogP contribution < -0.4 is 0 Å². The van der Waals surface area contributed by atoms with E-state index in [1.54, 1.807) is 6.07 Å². The van der Waals surface area contributed by atoms with E-state index in [-0.39, 0.29) is 0 Å². The second-order valence-corrected chi connectivity index (χ2v) is 5.28. The highest BCUT2D eigenvalue weighted by molar-refractivity contribution is 7.99. The number of hydrogen-bond acceptors (Lipinski definition) is 2. The first-order valence-corrected chi connectivity index (χ1v) is 6.57. The van der Waals surface area contributed by atoms with Gasteiger partial charge in [0.05, 0.1) is 5.03 Å². The lowest BCUT2D eigenvalue weighted by atomic mass is 10.2. The largest absolute Gasteiger partial charge is 0.349 e. The number of aromatic amines is 1. The Balaban J connectivity index is 1.96. The predicted molar refractivity (Wildman–Crippen MR) is 74.2 cm³/mol. The maximum Gasteiger partial charge on any atom is 0.150 e. The van der Waals surface area contributed by atoms with Gasteiger partial charge in [0.1, 0.15) is 12.1 Å². The van der Waals surface area contributed by atoms with Crippen LogP contribution in [0.2, 0.25) is 0 Å². The second-order valence-electron chi connectivity index (χ2n) is 4.16. The molecule has 0 aliphatic heterocycles. The maximum absolute atomic E-state index is 13.3. The van der Waals surface area contributed by atoms with E-state index in [1.807, 2.05) is 30.3 Å². The predicted octanol–water partition coefficient (Wildman–Crippen LogP) is 4.27. The normalized spacial score (nSPS) is 10.8. The zero-order valence-corrected chi connectivity index (χ0v) is 10.7. The summed E-state index contributed by atoms with van der Waals surface area (Å²) in [6.45, 7) is 0. The van der Waals surface area contributed by atoms with Gasteiger partial charge >= 0.3 is 0 Å². The van der Waals surface area contributed by atoms with Crippen molar-refractivity contribution in [3.8, 4) is 0 Å². The molecule has 3 rings (SSSR count). The second kappa shape index (κ2) is 4.90. The molecule has 4 heteroatoms. The standard InChI is InChI=1S/C15H10FNOS/c16-12-5-10(9-18)6-13(8-12)19-15-7-11-3-1-2-4-14(11)17-15/h1-9,17H. The molecule has 94 valence electrons. The molecule has 0 unspecified atom stereocenters. The molecule has 0 saturated carbocycles. The Kier molecular flexibility index (Phi) is 3.09. The van der Waals surface area contributed by atoms with Crippen LogP contribution in [-0.2, 0) is 0 Å². The summed E-state index contributed by atoms with van der Waals surface area (Å²) < 4.78 is 13.3. The van der Waals surface area contributed by atoms with Crippen LogP contribution in [0.1, 0.15) is 10.4 Å². The highest BCUT2D eigenvalue weighted by Crippen LogP contribution is 2.30. The smallest absolute Gasteiger partial charge is 0.150 e. The molecule has 0 aliphatic rings. The highest BCUT2D eigenvalue weighted by atomic mass is 32.2. The van der Waals surface area contributed by atoms with E-state index < -0.39 is 5.82 Å². The van der Waals surface area contributed by atoms with Crippen LogP contribution in [0.3, 0.4) is 0 Å². The number of benzene rings is 2. The molecule has 1 N–H and O–H groups in total. The van der Waals surface area contributed by atoms with Crippen molar-refractivity contribution in [1.29, 1.82) is 0 Å². The van der Waals surface area contributed by atoms with Gasteiger partial charge in [-0.2, -0.15) is 0 Å². The van der Waals surface area contributed by atoms with Crippen LogP contribution in [0.25, 0.3) is 10.9 Å². The van der Waals surface area contributed by atoms with Crippen molar-refractivity contribution < 1.29 is 9.18 Å². The van der Waals surface area contributed by atoms with Gasteiger partial charge in [0, 0.05) is 21.4 Å². The summed E-state index contributed by atoms with van der Waals surface area (Å²) in [5, 5.41) is 2.03. The number of hydrogen-bond donors (Lipinski definition) is 1. The summed E-state index contributed by atoms with van der Waals surface area (Å²) in [6, 6.07) is 14.3. The molecule has 2 aromatic carbocycles. The fraction of sp³-hybridized carbons (Fsp3) is 0. The number of halogens is 1. The van der Waals surface area contributed by atoms with Crippen LogP contribution in [0.15, 0.2) is 58.5 Å². The van der Waals surface area contributed by atoms with Gasteiger partial charge in [-0.25, -0.2) is 4.39 Å². The average Bonchev–Trinajstić information content (AvgIpc) is 2.80. The van der Waals surface area contributed by atoms with E-state index in [4.69, 9.17) is 0 Å². The molecule has 0 radical (unpaired) electrons. The van der Waals surface area contributed by atoms with Gasteiger partial charge in [0.2, 0.25) is 0 Å². The van der Waals surface area contributed by atoms with Crippen LogP contribution >= 0.6 is 11.8 Å². The summed E-state index contributed by atoms with van der Waals surface area (Å²) in [7, 11) is 0. The van der Waals surface area contributed by atoms with Gasteiger partial charge in [-0.1, -0.05) is 30.0 Å². The molecule has 19 heavy (non-hydrogen) atoms. The van der Waals surface area contributed by atoms with Gasteiger partial charge in [-0.3, -0.25) is 4.79 Å². The van der Waals surface area contributed by atoms with Crippen molar-refractivity contribution in [2.45, 2.75) is 9.92 Å². The Bertz CT molecular complexity index is 718. The topological polar surface area (TPSA) is 32.9 Å². The molecule has 0 bridgehead atoms. The third kappa shape index (κ3) is 2.53. The lowest BCUT2D eigenvalue weighted by molar-refractivity contribution is 0.112. The maximum atomic E-state index is 13.3. The Hall–Kier alpha value is -2.07. The molecule has 0 saturated heterocycles. The fourth-order valence-electron chi connectivity index (χ4n) is 1.94. The minimum absolute atomic E-state index is 0.346. The van der Waals surface area contributed by atoms with Crippen LogP contribution in [0, 0.1) is 5.82 Å². The number of aldehydes is 1. The lowest BCUT2D eigenvalue weighted by Gasteiger charge is -2.00. The third-order valence-electron chi connectivity index (χ3n) is 2.76. The number of aromatic nitrogens is 1. The molecule has 1 heterocycles. The van der Waals surface area contributed by atoms with Gasteiger partial charge in [-0.05, 0) is 30.3 Å². The first-order valence-electron chi connectivity index (χ1n) is 5.76. The van der Waals surface area contributed by atoms with E-state index >= 15 is 0 Å². The molecule has 0 amide bonds. The van der Waals surface area contributed by atoms with E-state index in [1.165, 1.54) is 23.9 Å². The number of fused-ring (bicyclic) bond motifs is 1. The number of para-hydroxylation sites is 1. The molecule has 2 nitrogen and oxygen atoms in total. The van der Waals surface area contributed by atoms with Crippen LogP contribution in [0.4, 0.5) is 4.39 Å². The number of carbonyl (C=O) groups is 1. The molecule has 1 aromatic heterocycles. The minimum Gasteiger partial charge on any atom is -0.349 e. The number of carbonyl (C=O) groups excluding carboxylic acids is 1. The zero-order chi connectivity index (χ0) is 13.2. The Morgan fingerprint density at radius 3 is 2.74 bits per heavy atom. The monoisotopic (exact) mass is 271 g/mol. The Morgan fingerprint density at radius 2 is 1.95 bits per heavy atom. The summed E-state index contributed by atoms with van der Waals surface area (Å²) in [5.74, 6) is -0.400. The summed E-state index contributed by atoms with van der Waals surface area (Å²) in [4.78, 5) is 14.7.